The van der Waals surface area contributed by atoms with Gasteiger partial charge in [0.1, 0.15) is 5.01 Å². The van der Waals surface area contributed by atoms with E-state index in [1.54, 1.807) is 0 Å². The topological polar surface area (TPSA) is 153 Å². The van der Waals surface area contributed by atoms with Crippen LogP contribution in [0.4, 0.5) is 0 Å². The molecule has 2 aromatic carbocycles. The van der Waals surface area contributed by atoms with Gasteiger partial charge in [0.05, 0.1) is 16.8 Å². The zero-order chi connectivity index (χ0) is 20.4. The molecule has 0 amide bonds. The normalized spacial score (nSPS) is 12.9. The molecule has 0 fully saturated rings. The van der Waals surface area contributed by atoms with E-state index in [0.29, 0.717) is 10.5 Å². The minimum absolute atomic E-state index is 0.0462. The Morgan fingerprint density at radius 3 is 2.66 bits per heavy atom. The van der Waals surface area contributed by atoms with Gasteiger partial charge >= 0.3 is 0 Å². The molecule has 1 atom stereocenters. The Morgan fingerprint density at radius 2 is 1.93 bits per heavy atom. The Kier molecular flexibility index (Phi) is 5.15. The lowest BCUT2D eigenvalue weighted by molar-refractivity contribution is 0.429. The van der Waals surface area contributed by atoms with E-state index in [1.165, 1.54) is 11.3 Å². The number of rotatable bonds is 7. The number of fused-ring (bicyclic) bond motifs is 1. The van der Waals surface area contributed by atoms with Crippen LogP contribution in [0.3, 0.4) is 0 Å². The van der Waals surface area contributed by atoms with Gasteiger partial charge in [0.2, 0.25) is 11.9 Å². The Balaban J connectivity index is 1.62. The van der Waals surface area contributed by atoms with Gasteiger partial charge in [-0.2, -0.15) is 13.1 Å². The van der Waals surface area contributed by atoms with Crippen molar-refractivity contribution in [3.05, 3.63) is 70.2 Å². The first-order valence-electron chi connectivity index (χ1n) is 8.31. The van der Waals surface area contributed by atoms with Crippen molar-refractivity contribution in [2.24, 2.45) is 10.3 Å². The number of aromatic nitrogens is 3. The smallest absolute Gasteiger partial charge is 0.274 e. The summed E-state index contributed by atoms with van der Waals surface area (Å²) in [6.45, 7) is -0.294. The number of hydrogen-bond acceptors (Lipinski definition) is 9. The Hall–Kier alpha value is -3.06. The predicted octanol–water partition coefficient (Wildman–Crippen LogP) is 2.50. The summed E-state index contributed by atoms with van der Waals surface area (Å²) in [4.78, 5) is 15.9. The molecule has 0 radical (unpaired) electrons. The minimum atomic E-state index is -3.91. The number of nitrogens with two attached hydrogens (primary N) is 1. The predicted molar refractivity (Wildman–Crippen MR) is 107 cm³/mol. The van der Waals surface area contributed by atoms with Crippen molar-refractivity contribution in [1.82, 2.24) is 19.9 Å². The maximum atomic E-state index is 11.5. The molecule has 148 valence electrons. The van der Waals surface area contributed by atoms with E-state index in [-0.39, 0.29) is 18.3 Å². The first-order chi connectivity index (χ1) is 13.9. The number of hydrogen-bond donors (Lipinski definition) is 2. The molecule has 12 heteroatoms. The molecular weight excluding hydrogens is 416 g/mol. The van der Waals surface area contributed by atoms with Gasteiger partial charge in [0, 0.05) is 0 Å². The van der Waals surface area contributed by atoms with Crippen LogP contribution in [-0.4, -0.2) is 23.6 Å². The molecule has 3 N–H and O–H groups in total. The quantitative estimate of drug-likeness (QED) is 0.427. The molecule has 2 aromatic heterocycles. The van der Waals surface area contributed by atoms with Crippen molar-refractivity contribution in [1.29, 1.82) is 0 Å². The van der Waals surface area contributed by atoms with Crippen LogP contribution in [-0.2, 0) is 16.8 Å². The summed E-state index contributed by atoms with van der Waals surface area (Å²) in [6.07, 6.45) is 0. The third kappa shape index (κ3) is 4.35. The van der Waals surface area contributed by atoms with Crippen LogP contribution in [0.1, 0.15) is 22.8 Å². The van der Waals surface area contributed by atoms with Gasteiger partial charge in [-0.25, -0.2) is 10.1 Å². The van der Waals surface area contributed by atoms with Crippen molar-refractivity contribution in [3.63, 3.8) is 0 Å². The highest BCUT2D eigenvalue weighted by Gasteiger charge is 2.26. The summed E-state index contributed by atoms with van der Waals surface area (Å²) in [6, 6.07) is 14.6. The Morgan fingerprint density at radius 1 is 1.14 bits per heavy atom. The summed E-state index contributed by atoms with van der Waals surface area (Å²) in [5.41, 5.74) is 2.81. The number of benzene rings is 2. The van der Waals surface area contributed by atoms with E-state index in [0.717, 1.165) is 15.8 Å². The lowest BCUT2D eigenvalue weighted by Gasteiger charge is -2.00. The molecular formula is C17H14N6O4S2. The van der Waals surface area contributed by atoms with Crippen molar-refractivity contribution >= 4 is 31.8 Å². The monoisotopic (exact) mass is 430 g/mol. The number of thiazole rings is 1. The molecule has 0 aliphatic heterocycles. The van der Waals surface area contributed by atoms with Gasteiger partial charge in [-0.1, -0.05) is 36.4 Å². The molecule has 0 bridgehead atoms. The van der Waals surface area contributed by atoms with E-state index in [1.807, 2.05) is 53.3 Å². The number of nitrogens with one attached hydrogen (secondary N) is 1. The molecule has 0 saturated carbocycles. The van der Waals surface area contributed by atoms with Gasteiger partial charge in [0.25, 0.3) is 16.1 Å². The molecule has 0 aliphatic carbocycles. The van der Waals surface area contributed by atoms with E-state index in [4.69, 9.17) is 9.56 Å². The van der Waals surface area contributed by atoms with Crippen LogP contribution in [0.5, 0.6) is 0 Å². The Labute approximate surface area is 168 Å². The van der Waals surface area contributed by atoms with Crippen LogP contribution in [0.25, 0.3) is 21.3 Å². The summed E-state index contributed by atoms with van der Waals surface area (Å²) < 4.78 is 30.2. The minimum Gasteiger partial charge on any atom is -0.421 e. The van der Waals surface area contributed by atoms with Crippen LogP contribution in [0.15, 0.2) is 58.1 Å². The zero-order valence-electron chi connectivity index (χ0n) is 14.7. The van der Waals surface area contributed by atoms with Gasteiger partial charge in [-0.15, -0.1) is 26.4 Å². The van der Waals surface area contributed by atoms with Crippen molar-refractivity contribution < 1.29 is 12.8 Å². The van der Waals surface area contributed by atoms with Crippen LogP contribution >= 0.6 is 11.3 Å². The summed E-state index contributed by atoms with van der Waals surface area (Å²) in [5.74, 6) is -0.122. The fourth-order valence-corrected chi connectivity index (χ4v) is 4.03. The summed E-state index contributed by atoms with van der Waals surface area (Å²) in [7, 11) is -3.91. The second kappa shape index (κ2) is 7.75. The summed E-state index contributed by atoms with van der Waals surface area (Å²) in [5, 5.41) is 15.8. The average Bonchev–Trinajstić information content (AvgIpc) is 3.34. The molecule has 2 heterocycles. The molecule has 0 aliphatic rings. The first-order valence-corrected chi connectivity index (χ1v) is 10.7. The maximum Gasteiger partial charge on any atom is 0.274 e. The van der Waals surface area contributed by atoms with Crippen molar-refractivity contribution in [2.75, 3.05) is 0 Å². The van der Waals surface area contributed by atoms with E-state index in [2.05, 4.69) is 20.4 Å². The van der Waals surface area contributed by atoms with Gasteiger partial charge in [-0.05, 0) is 28.4 Å². The van der Waals surface area contributed by atoms with Crippen LogP contribution in [0, 0.1) is 4.91 Å². The second-order valence-electron chi connectivity index (χ2n) is 6.01. The van der Waals surface area contributed by atoms with E-state index < -0.39 is 16.3 Å². The van der Waals surface area contributed by atoms with Gasteiger partial charge < -0.3 is 4.42 Å². The van der Waals surface area contributed by atoms with Crippen molar-refractivity contribution in [2.45, 2.75) is 12.6 Å². The first kappa shape index (κ1) is 19.3. The average molecular weight is 430 g/mol. The molecule has 0 spiro atoms. The highest BCUT2D eigenvalue weighted by Crippen LogP contribution is 2.34. The molecule has 10 nitrogen and oxygen atoms in total. The molecule has 4 aromatic rings. The molecule has 0 saturated heterocycles. The Bertz CT molecular complexity index is 1270. The second-order valence-corrected chi connectivity index (χ2v) is 8.45. The van der Waals surface area contributed by atoms with Crippen LogP contribution in [0.2, 0.25) is 0 Å². The summed E-state index contributed by atoms with van der Waals surface area (Å²) >= 11 is 1.30. The third-order valence-electron chi connectivity index (χ3n) is 3.99. The SMILES string of the molecule is NS(=O)(=O)NCc1nnc(C(N=O)c2nc3ccc(-c4ccccc4)cc3s2)o1. The lowest BCUT2D eigenvalue weighted by atomic mass is 10.1. The molecule has 1 unspecified atom stereocenters. The molecule has 4 rings (SSSR count). The highest BCUT2D eigenvalue weighted by molar-refractivity contribution is 7.87. The van der Waals surface area contributed by atoms with E-state index >= 15 is 0 Å². The largest absolute Gasteiger partial charge is 0.421 e. The fraction of sp³-hybridized carbons (Fsp3) is 0.118. The number of nitrogens with zero attached hydrogens (tertiary/aromatic N) is 4. The van der Waals surface area contributed by atoms with Crippen LogP contribution < -0.4 is 9.86 Å². The zero-order valence-corrected chi connectivity index (χ0v) is 16.4. The lowest BCUT2D eigenvalue weighted by Crippen LogP contribution is -2.30. The van der Waals surface area contributed by atoms with E-state index in [9.17, 15) is 13.3 Å². The highest BCUT2D eigenvalue weighted by atomic mass is 32.2. The standard InChI is InChI=1S/C17H14N6O4S2/c18-29(25,26)19-9-14-21-22-16(27-14)15(23-24)17-20-12-7-6-11(8-13(12)28-17)10-4-2-1-3-5-10/h1-8,15,19H,9H2,(H2,18,25,26). The molecule has 29 heavy (non-hydrogen) atoms. The van der Waals surface area contributed by atoms with Crippen molar-refractivity contribution in [3.8, 4) is 11.1 Å². The fourth-order valence-electron chi connectivity index (χ4n) is 2.68. The van der Waals surface area contributed by atoms with Gasteiger partial charge in [-0.3, -0.25) is 0 Å². The third-order valence-corrected chi connectivity index (χ3v) is 5.61. The maximum absolute atomic E-state index is 11.5. The number of nitroso groups, excluding NO2 is 1. The van der Waals surface area contributed by atoms with Gasteiger partial charge in [0.15, 0.2) is 0 Å².